The number of rotatable bonds is 10. The number of hydrogen-bond donors (Lipinski definition) is 0. The number of fused-ring (bicyclic) bond motifs is 1. The number of hydrogen-bond acceptors (Lipinski definition) is 7. The second-order valence-corrected chi connectivity index (χ2v) is 9.40. The van der Waals surface area contributed by atoms with Gasteiger partial charge in [-0.15, -0.1) is 16.4 Å². The number of aromatic nitrogens is 4. The molecule has 0 unspecified atom stereocenters. The topological polar surface area (TPSA) is 79.1 Å². The first-order valence-electron chi connectivity index (χ1n) is 12.0. The molecule has 3 aromatic carbocycles. The zero-order valence-corrected chi connectivity index (χ0v) is 20.8. The average Bonchev–Trinajstić information content (AvgIpc) is 3.57. The Morgan fingerprint density at radius 2 is 1.69 bits per heavy atom. The first kappa shape index (κ1) is 23.7. The van der Waals surface area contributed by atoms with Crippen molar-refractivity contribution in [1.82, 2.24) is 20.1 Å². The molecule has 5 rings (SSSR count). The lowest BCUT2D eigenvalue weighted by molar-refractivity contribution is 0.0409. The number of thiazole rings is 1. The standard InChI is InChI=1S/C28H26N4O3S/c1-2-3-4-7-18-34-23-16-14-21(15-17-23)27-29-19-26(36-27)20-10-12-22(13-11-20)28(33)35-32-25-9-6-5-8-24(25)30-31-32/h5-6,8-17,19H,2-4,7,18H2,1H3. The van der Waals surface area contributed by atoms with Crippen molar-refractivity contribution in [3.8, 4) is 26.8 Å². The van der Waals surface area contributed by atoms with Crippen molar-refractivity contribution in [2.45, 2.75) is 32.6 Å². The summed E-state index contributed by atoms with van der Waals surface area (Å²) in [5.74, 6) is 0.378. The van der Waals surface area contributed by atoms with Crippen LogP contribution < -0.4 is 9.57 Å². The second kappa shape index (κ2) is 11.1. The molecule has 0 saturated heterocycles. The van der Waals surface area contributed by atoms with Gasteiger partial charge < -0.3 is 9.57 Å². The molecule has 36 heavy (non-hydrogen) atoms. The number of para-hydroxylation sites is 1. The van der Waals surface area contributed by atoms with E-state index in [9.17, 15) is 4.79 Å². The van der Waals surface area contributed by atoms with Crippen molar-refractivity contribution in [3.05, 3.63) is 84.6 Å². The predicted octanol–water partition coefficient (Wildman–Crippen LogP) is 6.45. The number of nitrogens with zero attached hydrogens (tertiary/aromatic N) is 4. The first-order chi connectivity index (χ1) is 17.7. The van der Waals surface area contributed by atoms with Crippen LogP contribution in [0.3, 0.4) is 0 Å². The minimum absolute atomic E-state index is 0.424. The van der Waals surface area contributed by atoms with Crippen molar-refractivity contribution in [2.24, 2.45) is 0 Å². The highest BCUT2D eigenvalue weighted by atomic mass is 32.1. The molecule has 182 valence electrons. The monoisotopic (exact) mass is 498 g/mol. The lowest BCUT2D eigenvalue weighted by Crippen LogP contribution is -2.20. The Bertz CT molecular complexity index is 1440. The normalized spacial score (nSPS) is 11.0. The minimum atomic E-state index is -0.505. The third-order valence-corrected chi connectivity index (χ3v) is 6.87. The van der Waals surface area contributed by atoms with Gasteiger partial charge in [0.25, 0.3) is 0 Å². The molecule has 2 heterocycles. The maximum Gasteiger partial charge on any atom is 0.365 e. The van der Waals surface area contributed by atoms with E-state index in [-0.39, 0.29) is 0 Å². The van der Waals surface area contributed by atoms with Crippen LogP contribution in [0.15, 0.2) is 79.0 Å². The van der Waals surface area contributed by atoms with Crippen LogP contribution in [0.25, 0.3) is 32.0 Å². The van der Waals surface area contributed by atoms with Gasteiger partial charge in [-0.05, 0) is 65.7 Å². The van der Waals surface area contributed by atoms with Crippen LogP contribution >= 0.6 is 11.3 Å². The van der Waals surface area contributed by atoms with Crippen molar-refractivity contribution in [2.75, 3.05) is 6.61 Å². The van der Waals surface area contributed by atoms with E-state index in [1.54, 1.807) is 29.5 Å². The van der Waals surface area contributed by atoms with Gasteiger partial charge >= 0.3 is 5.97 Å². The molecule has 0 radical (unpaired) electrons. The zero-order chi connectivity index (χ0) is 24.7. The van der Waals surface area contributed by atoms with Crippen LogP contribution in [0, 0.1) is 0 Å². The van der Waals surface area contributed by atoms with Gasteiger partial charge in [-0.2, -0.15) is 0 Å². The lowest BCUT2D eigenvalue weighted by atomic mass is 10.1. The Morgan fingerprint density at radius 1 is 0.917 bits per heavy atom. The van der Waals surface area contributed by atoms with Gasteiger partial charge in [0.2, 0.25) is 0 Å². The predicted molar refractivity (Wildman–Crippen MR) is 141 cm³/mol. The van der Waals surface area contributed by atoms with E-state index >= 15 is 0 Å². The Hall–Kier alpha value is -4.04. The molecule has 0 aliphatic heterocycles. The molecule has 8 heteroatoms. The Labute approximate surface area is 213 Å². The maximum atomic E-state index is 12.6. The van der Waals surface area contributed by atoms with E-state index < -0.39 is 5.97 Å². The molecule has 0 amide bonds. The van der Waals surface area contributed by atoms with E-state index in [2.05, 4.69) is 22.2 Å². The van der Waals surface area contributed by atoms with Crippen LogP contribution in [-0.2, 0) is 0 Å². The second-order valence-electron chi connectivity index (χ2n) is 8.37. The van der Waals surface area contributed by atoms with Gasteiger partial charge in [-0.25, -0.2) is 9.78 Å². The fourth-order valence-electron chi connectivity index (χ4n) is 3.77. The summed E-state index contributed by atoms with van der Waals surface area (Å²) >= 11 is 1.60. The quantitative estimate of drug-likeness (QED) is 0.163. The molecule has 0 N–H and O–H groups in total. The molecule has 5 aromatic rings. The van der Waals surface area contributed by atoms with Gasteiger partial charge in [0, 0.05) is 11.8 Å². The molecule has 0 atom stereocenters. The SMILES string of the molecule is CCCCCCOc1ccc(-c2ncc(-c3ccc(C(=O)On4nnc5ccccc54)cc3)s2)cc1. The van der Waals surface area contributed by atoms with E-state index in [0.717, 1.165) is 44.6 Å². The van der Waals surface area contributed by atoms with Crippen LogP contribution in [0.1, 0.15) is 43.0 Å². The minimum Gasteiger partial charge on any atom is -0.494 e. The molecule has 0 aliphatic rings. The molecule has 0 saturated carbocycles. The highest BCUT2D eigenvalue weighted by Crippen LogP contribution is 2.33. The van der Waals surface area contributed by atoms with E-state index in [1.807, 2.05) is 60.8 Å². The first-order valence-corrected chi connectivity index (χ1v) is 12.9. The molecule has 0 bridgehead atoms. The summed E-state index contributed by atoms with van der Waals surface area (Å²) < 4.78 is 5.84. The number of carbonyl (C=O) groups is 1. The lowest BCUT2D eigenvalue weighted by Gasteiger charge is -2.06. The third kappa shape index (κ3) is 5.44. The fourth-order valence-corrected chi connectivity index (χ4v) is 4.70. The van der Waals surface area contributed by atoms with Crippen molar-refractivity contribution < 1.29 is 14.4 Å². The summed E-state index contributed by atoms with van der Waals surface area (Å²) in [6.07, 6.45) is 6.62. The van der Waals surface area contributed by atoms with E-state index in [0.29, 0.717) is 16.6 Å². The van der Waals surface area contributed by atoms with Crippen LogP contribution in [-0.4, -0.2) is 32.7 Å². The van der Waals surface area contributed by atoms with Gasteiger partial charge in [-0.3, -0.25) is 0 Å². The van der Waals surface area contributed by atoms with E-state index in [4.69, 9.17) is 9.57 Å². The zero-order valence-electron chi connectivity index (χ0n) is 20.0. The molecule has 2 aromatic heterocycles. The van der Waals surface area contributed by atoms with Gasteiger partial charge in [0.05, 0.1) is 17.0 Å². The third-order valence-electron chi connectivity index (χ3n) is 5.77. The van der Waals surface area contributed by atoms with Gasteiger partial charge in [0.15, 0.2) is 0 Å². The summed E-state index contributed by atoms with van der Waals surface area (Å²) in [7, 11) is 0. The number of benzene rings is 3. The smallest absolute Gasteiger partial charge is 0.365 e. The summed E-state index contributed by atoms with van der Waals surface area (Å²) in [5, 5.41) is 8.83. The van der Waals surface area contributed by atoms with E-state index in [1.165, 1.54) is 19.3 Å². The molecular weight excluding hydrogens is 472 g/mol. The molecular formula is C28H26N4O3S. The highest BCUT2D eigenvalue weighted by molar-refractivity contribution is 7.18. The number of ether oxygens (including phenoxy) is 1. The number of unbranched alkanes of at least 4 members (excludes halogenated alkanes) is 3. The summed E-state index contributed by atoms with van der Waals surface area (Å²) in [6.45, 7) is 2.96. The van der Waals surface area contributed by atoms with Crippen LogP contribution in [0.2, 0.25) is 0 Å². The highest BCUT2D eigenvalue weighted by Gasteiger charge is 2.13. The summed E-state index contributed by atoms with van der Waals surface area (Å²) in [5.41, 5.74) is 3.74. The van der Waals surface area contributed by atoms with Crippen LogP contribution in [0.4, 0.5) is 0 Å². The number of carbonyl (C=O) groups excluding carboxylic acids is 1. The molecule has 0 aliphatic carbocycles. The molecule has 7 nitrogen and oxygen atoms in total. The van der Waals surface area contributed by atoms with Gasteiger partial charge in [-0.1, -0.05) is 55.3 Å². The van der Waals surface area contributed by atoms with Gasteiger partial charge in [0.1, 0.15) is 21.8 Å². The van der Waals surface area contributed by atoms with Crippen molar-refractivity contribution in [1.29, 1.82) is 0 Å². The largest absolute Gasteiger partial charge is 0.494 e. The average molecular weight is 499 g/mol. The van der Waals surface area contributed by atoms with Crippen molar-refractivity contribution in [3.63, 3.8) is 0 Å². The Morgan fingerprint density at radius 3 is 2.50 bits per heavy atom. The van der Waals surface area contributed by atoms with Crippen molar-refractivity contribution >= 4 is 28.3 Å². The fraction of sp³-hybridized carbons (Fsp3) is 0.214. The molecule has 0 fully saturated rings. The summed E-state index contributed by atoms with van der Waals surface area (Å²) in [6, 6.07) is 22.6. The molecule has 0 spiro atoms. The Balaban J connectivity index is 1.21. The maximum absolute atomic E-state index is 12.6. The Kier molecular flexibility index (Phi) is 7.33. The summed E-state index contributed by atoms with van der Waals surface area (Å²) in [4.78, 5) is 24.8. The van der Waals surface area contributed by atoms with Crippen LogP contribution in [0.5, 0.6) is 5.75 Å².